The van der Waals surface area contributed by atoms with Gasteiger partial charge < -0.3 is 19.7 Å². The summed E-state index contributed by atoms with van der Waals surface area (Å²) in [6.07, 6.45) is 3.72. The van der Waals surface area contributed by atoms with E-state index < -0.39 is 5.54 Å². The van der Waals surface area contributed by atoms with Gasteiger partial charge in [-0.25, -0.2) is 0 Å². The number of hydrogen-bond donors (Lipinski definition) is 1. The maximum Gasteiger partial charge on any atom is 0.258 e. The van der Waals surface area contributed by atoms with Gasteiger partial charge in [-0.15, -0.1) is 0 Å². The second-order valence-electron chi connectivity index (χ2n) is 6.00. The van der Waals surface area contributed by atoms with Crippen molar-refractivity contribution in [3.05, 3.63) is 23.0 Å². The second kappa shape index (κ2) is 6.99. The highest BCUT2D eigenvalue weighted by Gasteiger charge is 2.39. The molecular weight excluding hydrogens is 330 g/mol. The molecule has 3 rings (SSSR count). The van der Waals surface area contributed by atoms with Crippen molar-refractivity contribution in [3.8, 4) is 23.0 Å². The van der Waals surface area contributed by atoms with Gasteiger partial charge in [0.1, 0.15) is 0 Å². The first-order chi connectivity index (χ1) is 11.6. The molecule has 7 heteroatoms. The molecule has 2 aromatic rings. The van der Waals surface area contributed by atoms with Gasteiger partial charge in [-0.3, -0.25) is 0 Å². The van der Waals surface area contributed by atoms with Crippen molar-refractivity contribution >= 4 is 11.6 Å². The maximum absolute atomic E-state index is 6.37. The van der Waals surface area contributed by atoms with E-state index in [-0.39, 0.29) is 0 Å². The summed E-state index contributed by atoms with van der Waals surface area (Å²) in [5.41, 5.74) is 6.48. The van der Waals surface area contributed by atoms with Crippen LogP contribution in [0.15, 0.2) is 16.7 Å². The van der Waals surface area contributed by atoms with Crippen molar-refractivity contribution in [2.45, 2.75) is 45.1 Å². The summed E-state index contributed by atoms with van der Waals surface area (Å²) in [6.45, 7) is 5.01. The van der Waals surface area contributed by atoms with E-state index in [1.165, 1.54) is 0 Å². The van der Waals surface area contributed by atoms with Crippen molar-refractivity contribution in [2.75, 3.05) is 13.2 Å². The van der Waals surface area contributed by atoms with Crippen molar-refractivity contribution in [3.63, 3.8) is 0 Å². The molecule has 0 saturated heterocycles. The average molecular weight is 352 g/mol. The Hall–Kier alpha value is -1.79. The quantitative estimate of drug-likeness (QED) is 0.814. The minimum Gasteiger partial charge on any atom is -0.490 e. The van der Waals surface area contributed by atoms with Crippen LogP contribution in [0.1, 0.15) is 45.4 Å². The topological polar surface area (TPSA) is 83.4 Å². The Kier molecular flexibility index (Phi) is 4.96. The minimum atomic E-state index is -0.460. The van der Waals surface area contributed by atoms with Crippen LogP contribution in [0.2, 0.25) is 5.02 Å². The van der Waals surface area contributed by atoms with E-state index >= 15 is 0 Å². The molecule has 0 atom stereocenters. The van der Waals surface area contributed by atoms with Gasteiger partial charge in [-0.05, 0) is 44.7 Å². The Bertz CT molecular complexity index is 713. The van der Waals surface area contributed by atoms with Crippen LogP contribution >= 0.6 is 11.6 Å². The van der Waals surface area contributed by atoms with Crippen molar-refractivity contribution in [2.24, 2.45) is 5.73 Å². The largest absolute Gasteiger partial charge is 0.490 e. The first kappa shape index (κ1) is 17.0. The first-order valence-electron chi connectivity index (χ1n) is 8.30. The average Bonchev–Trinajstić information content (AvgIpc) is 3.02. The summed E-state index contributed by atoms with van der Waals surface area (Å²) >= 11 is 6.37. The molecule has 1 fully saturated rings. The Morgan fingerprint density at radius 2 is 2.08 bits per heavy atom. The molecule has 1 aliphatic rings. The van der Waals surface area contributed by atoms with Crippen LogP contribution in [0.3, 0.4) is 0 Å². The standard InChI is InChI=1S/C17H22ClN3O3/c1-3-8-23-14-12(18)9-11(10-13(14)22-4-2)15-20-16(21-24-15)17(19)6-5-7-17/h9-10H,3-8,19H2,1-2H3. The molecule has 6 nitrogen and oxygen atoms in total. The fourth-order valence-corrected chi connectivity index (χ4v) is 2.89. The number of hydrogen-bond acceptors (Lipinski definition) is 6. The molecule has 0 bridgehead atoms. The molecule has 2 N–H and O–H groups in total. The summed E-state index contributed by atoms with van der Waals surface area (Å²) in [7, 11) is 0. The highest BCUT2D eigenvalue weighted by molar-refractivity contribution is 6.32. The molecule has 1 aliphatic carbocycles. The molecule has 130 valence electrons. The van der Waals surface area contributed by atoms with E-state index in [1.807, 2.05) is 19.9 Å². The number of nitrogens with two attached hydrogens (primary N) is 1. The molecule has 1 saturated carbocycles. The lowest BCUT2D eigenvalue weighted by Crippen LogP contribution is -2.44. The third-order valence-corrected chi connectivity index (χ3v) is 4.40. The lowest BCUT2D eigenvalue weighted by molar-refractivity contribution is 0.229. The summed E-state index contributed by atoms with van der Waals surface area (Å²) in [5, 5.41) is 4.49. The van der Waals surface area contributed by atoms with Crippen LogP contribution in [-0.2, 0) is 5.54 Å². The van der Waals surface area contributed by atoms with Crippen LogP contribution in [-0.4, -0.2) is 23.4 Å². The van der Waals surface area contributed by atoms with Gasteiger partial charge in [-0.2, -0.15) is 4.98 Å². The van der Waals surface area contributed by atoms with E-state index in [4.69, 9.17) is 31.3 Å². The van der Waals surface area contributed by atoms with E-state index in [1.54, 1.807) is 6.07 Å². The Morgan fingerprint density at radius 1 is 1.29 bits per heavy atom. The predicted molar refractivity (Wildman–Crippen MR) is 91.4 cm³/mol. The normalized spacial score (nSPS) is 15.8. The highest BCUT2D eigenvalue weighted by Crippen LogP contribution is 2.41. The zero-order valence-electron chi connectivity index (χ0n) is 14.0. The van der Waals surface area contributed by atoms with Gasteiger partial charge in [0.2, 0.25) is 0 Å². The molecule has 0 aliphatic heterocycles. The van der Waals surface area contributed by atoms with Gasteiger partial charge in [0.25, 0.3) is 5.89 Å². The van der Waals surface area contributed by atoms with Gasteiger partial charge in [-0.1, -0.05) is 23.7 Å². The lowest BCUT2D eigenvalue weighted by atomic mass is 9.77. The molecule has 24 heavy (non-hydrogen) atoms. The van der Waals surface area contributed by atoms with Crippen LogP contribution in [0.5, 0.6) is 11.5 Å². The third-order valence-electron chi connectivity index (χ3n) is 4.12. The number of aromatic nitrogens is 2. The van der Waals surface area contributed by atoms with Gasteiger partial charge in [0.15, 0.2) is 17.3 Å². The molecule has 0 amide bonds. The van der Waals surface area contributed by atoms with Crippen LogP contribution < -0.4 is 15.2 Å². The fraction of sp³-hybridized carbons (Fsp3) is 0.529. The molecule has 0 unspecified atom stereocenters. The molecular formula is C17H22ClN3O3. The monoisotopic (exact) mass is 351 g/mol. The number of halogens is 1. The van der Waals surface area contributed by atoms with E-state index in [0.29, 0.717) is 47.0 Å². The fourth-order valence-electron chi connectivity index (χ4n) is 2.62. The van der Waals surface area contributed by atoms with Crippen LogP contribution in [0.4, 0.5) is 0 Å². The van der Waals surface area contributed by atoms with Gasteiger partial charge in [0, 0.05) is 5.56 Å². The number of rotatable bonds is 7. The summed E-state index contributed by atoms with van der Waals surface area (Å²) < 4.78 is 16.7. The zero-order chi connectivity index (χ0) is 17.2. The maximum atomic E-state index is 6.37. The van der Waals surface area contributed by atoms with Gasteiger partial charge in [0.05, 0.1) is 23.8 Å². The Labute approximate surface area is 146 Å². The number of benzene rings is 1. The van der Waals surface area contributed by atoms with Crippen LogP contribution in [0.25, 0.3) is 11.5 Å². The zero-order valence-corrected chi connectivity index (χ0v) is 14.7. The Balaban J connectivity index is 1.93. The molecule has 0 radical (unpaired) electrons. The minimum absolute atomic E-state index is 0.381. The molecule has 0 spiro atoms. The van der Waals surface area contributed by atoms with E-state index in [9.17, 15) is 0 Å². The predicted octanol–water partition coefficient (Wildman–Crippen LogP) is 3.92. The molecule has 1 aromatic carbocycles. The van der Waals surface area contributed by atoms with Crippen molar-refractivity contribution in [1.82, 2.24) is 10.1 Å². The van der Waals surface area contributed by atoms with Crippen LogP contribution in [0, 0.1) is 0 Å². The lowest BCUT2D eigenvalue weighted by Gasteiger charge is -2.34. The smallest absolute Gasteiger partial charge is 0.258 e. The van der Waals surface area contributed by atoms with Gasteiger partial charge >= 0.3 is 0 Å². The second-order valence-corrected chi connectivity index (χ2v) is 6.41. The summed E-state index contributed by atoms with van der Waals surface area (Å²) in [4.78, 5) is 4.45. The number of ether oxygens (including phenoxy) is 2. The Morgan fingerprint density at radius 3 is 2.71 bits per heavy atom. The molecule has 1 heterocycles. The highest BCUT2D eigenvalue weighted by atomic mass is 35.5. The third kappa shape index (κ3) is 3.21. The first-order valence-corrected chi connectivity index (χ1v) is 8.67. The summed E-state index contributed by atoms with van der Waals surface area (Å²) in [6, 6.07) is 3.55. The number of nitrogens with zero attached hydrogens (tertiary/aromatic N) is 2. The summed E-state index contributed by atoms with van der Waals surface area (Å²) in [5.74, 6) is 2.04. The van der Waals surface area contributed by atoms with E-state index in [0.717, 1.165) is 25.7 Å². The molecule has 1 aromatic heterocycles. The van der Waals surface area contributed by atoms with Crippen molar-refractivity contribution in [1.29, 1.82) is 0 Å². The van der Waals surface area contributed by atoms with Crippen molar-refractivity contribution < 1.29 is 14.0 Å². The SMILES string of the molecule is CCCOc1c(Cl)cc(-c2nc(C3(N)CCC3)no2)cc1OCC. The van der Waals surface area contributed by atoms with E-state index in [2.05, 4.69) is 10.1 Å².